The summed E-state index contributed by atoms with van der Waals surface area (Å²) in [5, 5.41) is 0. The number of nitrogens with zero attached hydrogens (tertiary/aromatic N) is 2. The van der Waals surface area contributed by atoms with Crippen LogP contribution in [0.5, 0.6) is 0 Å². The van der Waals surface area contributed by atoms with Crippen molar-refractivity contribution in [2.24, 2.45) is 0 Å². The van der Waals surface area contributed by atoms with E-state index in [9.17, 15) is 0 Å². The van der Waals surface area contributed by atoms with Gasteiger partial charge in [-0.3, -0.25) is 0 Å². The van der Waals surface area contributed by atoms with Crippen LogP contribution in [0, 0.1) is 0 Å². The first kappa shape index (κ1) is 7.58. The van der Waals surface area contributed by atoms with Crippen LogP contribution >= 0.6 is 0 Å². The molecule has 0 bridgehead atoms. The van der Waals surface area contributed by atoms with Crippen molar-refractivity contribution in [3.63, 3.8) is 0 Å². The fourth-order valence-corrected chi connectivity index (χ4v) is 1.66. The number of rotatable bonds is 1. The maximum atomic E-state index is 2.42. The SMILES string of the molecule is CC1=[N+](C)C(C)N1C(C)C. The van der Waals surface area contributed by atoms with Crippen LogP contribution in [0.4, 0.5) is 0 Å². The third-order valence-electron chi connectivity index (χ3n) is 2.40. The summed E-state index contributed by atoms with van der Waals surface area (Å²) in [6, 6.07) is 0.645. The molecule has 0 spiro atoms. The van der Waals surface area contributed by atoms with E-state index in [2.05, 4.69) is 44.2 Å². The molecule has 0 fully saturated rings. The van der Waals surface area contributed by atoms with Crippen LogP contribution in [0.1, 0.15) is 27.7 Å². The van der Waals surface area contributed by atoms with Crippen LogP contribution in [0.3, 0.4) is 0 Å². The van der Waals surface area contributed by atoms with Crippen molar-refractivity contribution < 1.29 is 4.58 Å². The van der Waals surface area contributed by atoms with Gasteiger partial charge in [0.05, 0.1) is 13.1 Å². The molecule has 1 atom stereocenters. The fraction of sp³-hybridized carbons (Fsp3) is 0.875. The topological polar surface area (TPSA) is 6.25 Å². The quantitative estimate of drug-likeness (QED) is 0.496. The summed E-state index contributed by atoms with van der Waals surface area (Å²) in [6.45, 7) is 8.85. The molecule has 0 aromatic rings. The molecule has 58 valence electrons. The van der Waals surface area contributed by atoms with Crippen molar-refractivity contribution in [2.45, 2.75) is 39.9 Å². The Kier molecular flexibility index (Phi) is 1.71. The molecule has 10 heavy (non-hydrogen) atoms. The summed E-state index contributed by atoms with van der Waals surface area (Å²) in [5.41, 5.74) is 0. The smallest absolute Gasteiger partial charge is 0.229 e. The summed E-state index contributed by atoms with van der Waals surface area (Å²) >= 11 is 0. The van der Waals surface area contributed by atoms with Crippen molar-refractivity contribution in [1.82, 2.24) is 4.90 Å². The van der Waals surface area contributed by atoms with Gasteiger partial charge in [-0.15, -0.1) is 0 Å². The third kappa shape index (κ3) is 0.825. The predicted octanol–water partition coefficient (Wildman–Crippen LogP) is 1.12. The van der Waals surface area contributed by atoms with Gasteiger partial charge in [-0.05, 0) is 13.8 Å². The van der Waals surface area contributed by atoms with Crippen LogP contribution < -0.4 is 0 Å². The number of hydrogen-bond donors (Lipinski definition) is 0. The van der Waals surface area contributed by atoms with Gasteiger partial charge >= 0.3 is 0 Å². The van der Waals surface area contributed by atoms with E-state index in [-0.39, 0.29) is 0 Å². The van der Waals surface area contributed by atoms with E-state index in [4.69, 9.17) is 0 Å². The lowest BCUT2D eigenvalue weighted by Crippen LogP contribution is -2.60. The molecular weight excluding hydrogens is 124 g/mol. The molecule has 1 rings (SSSR count). The highest BCUT2D eigenvalue weighted by Gasteiger charge is 2.39. The molecule has 2 heteroatoms. The summed E-state index contributed by atoms with van der Waals surface area (Å²) in [7, 11) is 2.14. The number of amidine groups is 1. The minimum atomic E-state index is 0.597. The van der Waals surface area contributed by atoms with Gasteiger partial charge in [0.15, 0.2) is 0 Å². The second kappa shape index (κ2) is 2.26. The summed E-state index contributed by atoms with van der Waals surface area (Å²) in [5.74, 6) is 1.39. The molecule has 1 heterocycles. The zero-order chi connectivity index (χ0) is 7.89. The summed E-state index contributed by atoms with van der Waals surface area (Å²) in [4.78, 5) is 2.42. The second-order valence-corrected chi connectivity index (χ2v) is 3.29. The molecule has 0 saturated carbocycles. The van der Waals surface area contributed by atoms with Gasteiger partial charge in [-0.2, -0.15) is 0 Å². The molecule has 0 aromatic heterocycles. The molecule has 0 radical (unpaired) electrons. The highest BCUT2D eigenvalue weighted by Crippen LogP contribution is 2.15. The standard InChI is InChI=1S/C8H17N2/c1-6(2)10-7(3)9(5)8(10)4/h6-7H,1-5H3/q+1. The Morgan fingerprint density at radius 3 is 2.20 bits per heavy atom. The van der Waals surface area contributed by atoms with Crippen LogP contribution in [0.15, 0.2) is 0 Å². The van der Waals surface area contributed by atoms with E-state index < -0.39 is 0 Å². The van der Waals surface area contributed by atoms with Gasteiger partial charge in [0.25, 0.3) is 0 Å². The van der Waals surface area contributed by atoms with Crippen molar-refractivity contribution in [2.75, 3.05) is 7.05 Å². The van der Waals surface area contributed by atoms with Crippen molar-refractivity contribution >= 4 is 5.84 Å². The average Bonchev–Trinajstić information content (AvgIpc) is 1.87. The molecular formula is C8H17N2+. The first-order valence-electron chi connectivity index (χ1n) is 3.90. The molecule has 0 aliphatic carbocycles. The molecule has 0 saturated heterocycles. The molecule has 1 aliphatic heterocycles. The normalized spacial score (nSPS) is 25.8. The lowest BCUT2D eigenvalue weighted by molar-refractivity contribution is -0.603. The maximum Gasteiger partial charge on any atom is 0.250 e. The Bertz CT molecular complexity index is 170. The first-order chi connectivity index (χ1) is 4.55. The molecule has 0 aromatic carbocycles. The van der Waals surface area contributed by atoms with Crippen molar-refractivity contribution in [3.05, 3.63) is 0 Å². The Labute approximate surface area is 63.2 Å². The van der Waals surface area contributed by atoms with Crippen LogP contribution in [-0.2, 0) is 0 Å². The lowest BCUT2D eigenvalue weighted by atomic mass is 10.2. The average molecular weight is 141 g/mol. The van der Waals surface area contributed by atoms with Gasteiger partial charge in [-0.1, -0.05) is 0 Å². The minimum Gasteiger partial charge on any atom is -0.229 e. The van der Waals surface area contributed by atoms with Gasteiger partial charge in [0, 0.05) is 13.8 Å². The Hall–Kier alpha value is -0.530. The predicted molar refractivity (Wildman–Crippen MR) is 43.3 cm³/mol. The molecule has 2 nitrogen and oxygen atoms in total. The lowest BCUT2D eigenvalue weighted by Gasteiger charge is -2.36. The van der Waals surface area contributed by atoms with Crippen LogP contribution in [-0.4, -0.2) is 34.6 Å². The van der Waals surface area contributed by atoms with Crippen LogP contribution in [0.25, 0.3) is 0 Å². The largest absolute Gasteiger partial charge is 0.250 e. The third-order valence-corrected chi connectivity index (χ3v) is 2.40. The van der Waals surface area contributed by atoms with Gasteiger partial charge in [0.1, 0.15) is 0 Å². The molecule has 1 aliphatic rings. The Morgan fingerprint density at radius 2 is 2.00 bits per heavy atom. The zero-order valence-electron chi connectivity index (χ0n) is 7.55. The first-order valence-corrected chi connectivity index (χ1v) is 3.90. The number of hydrogen-bond acceptors (Lipinski definition) is 1. The highest BCUT2D eigenvalue weighted by atomic mass is 15.4. The van der Waals surface area contributed by atoms with Gasteiger partial charge < -0.3 is 0 Å². The maximum absolute atomic E-state index is 2.42. The van der Waals surface area contributed by atoms with E-state index in [1.807, 2.05) is 0 Å². The minimum absolute atomic E-state index is 0.597. The van der Waals surface area contributed by atoms with Crippen LogP contribution in [0.2, 0.25) is 0 Å². The molecule has 0 amide bonds. The van der Waals surface area contributed by atoms with Gasteiger partial charge in [-0.25, -0.2) is 9.48 Å². The highest BCUT2D eigenvalue weighted by molar-refractivity contribution is 5.77. The van der Waals surface area contributed by atoms with E-state index in [1.165, 1.54) is 5.84 Å². The Balaban J connectivity index is 2.71. The Morgan fingerprint density at radius 1 is 1.50 bits per heavy atom. The van der Waals surface area contributed by atoms with Crippen molar-refractivity contribution in [3.8, 4) is 0 Å². The monoisotopic (exact) mass is 141 g/mol. The van der Waals surface area contributed by atoms with E-state index in [0.717, 1.165) is 0 Å². The zero-order valence-corrected chi connectivity index (χ0v) is 7.55. The van der Waals surface area contributed by atoms with E-state index in [0.29, 0.717) is 12.2 Å². The molecule has 1 unspecified atom stereocenters. The summed E-state index contributed by atoms with van der Waals surface area (Å²) in [6.07, 6.45) is 0.597. The second-order valence-electron chi connectivity index (χ2n) is 3.29. The molecule has 0 N–H and O–H groups in total. The van der Waals surface area contributed by atoms with E-state index in [1.54, 1.807) is 0 Å². The van der Waals surface area contributed by atoms with E-state index >= 15 is 0 Å². The summed E-state index contributed by atoms with van der Waals surface area (Å²) < 4.78 is 2.29. The van der Waals surface area contributed by atoms with Crippen molar-refractivity contribution in [1.29, 1.82) is 0 Å². The van der Waals surface area contributed by atoms with Gasteiger partial charge in [0.2, 0.25) is 12.0 Å². The fourth-order valence-electron chi connectivity index (χ4n) is 1.66.